The summed E-state index contributed by atoms with van der Waals surface area (Å²) < 4.78 is 0. The zero-order valence-electron chi connectivity index (χ0n) is 9.09. The smallest absolute Gasteiger partial charge is 0.0221 e. The minimum absolute atomic E-state index is 0.782. The van der Waals surface area contributed by atoms with Gasteiger partial charge in [-0.2, -0.15) is 0 Å². The predicted molar refractivity (Wildman–Crippen MR) is 62.4 cm³/mol. The van der Waals surface area contributed by atoms with Crippen LogP contribution in [0, 0.1) is 5.92 Å². The molecule has 0 aliphatic carbocycles. The Balaban J connectivity index is 2.57. The lowest BCUT2D eigenvalue weighted by Crippen LogP contribution is -2.41. The molecule has 0 aromatic rings. The van der Waals surface area contributed by atoms with Gasteiger partial charge in [-0.25, -0.2) is 0 Å². The SMILES string of the molecule is CCC(CC)N1CCC(C)C1CBr. The molecular weight excluding hydrogens is 226 g/mol. The molecule has 1 saturated heterocycles. The number of rotatable bonds is 4. The lowest BCUT2D eigenvalue weighted by molar-refractivity contribution is 0.170. The lowest BCUT2D eigenvalue weighted by atomic mass is 10.0. The molecule has 13 heavy (non-hydrogen) atoms. The molecule has 0 aromatic heterocycles. The van der Waals surface area contributed by atoms with Crippen LogP contribution in [0.25, 0.3) is 0 Å². The maximum atomic E-state index is 3.64. The van der Waals surface area contributed by atoms with Crippen molar-refractivity contribution in [1.82, 2.24) is 4.90 Å². The van der Waals surface area contributed by atoms with E-state index in [2.05, 4.69) is 41.6 Å². The van der Waals surface area contributed by atoms with Crippen molar-refractivity contribution in [3.8, 4) is 0 Å². The number of halogens is 1. The van der Waals surface area contributed by atoms with Crippen molar-refractivity contribution in [3.63, 3.8) is 0 Å². The summed E-state index contributed by atoms with van der Waals surface area (Å²) in [5.41, 5.74) is 0. The summed E-state index contributed by atoms with van der Waals surface area (Å²) in [4.78, 5) is 2.71. The summed E-state index contributed by atoms with van der Waals surface area (Å²) in [5, 5.41) is 1.14. The molecule has 0 saturated carbocycles. The quantitative estimate of drug-likeness (QED) is 0.690. The first-order chi connectivity index (χ1) is 6.24. The Morgan fingerprint density at radius 3 is 2.46 bits per heavy atom. The van der Waals surface area contributed by atoms with Crippen LogP contribution in [-0.4, -0.2) is 28.9 Å². The maximum Gasteiger partial charge on any atom is 0.0221 e. The van der Waals surface area contributed by atoms with Crippen LogP contribution in [0.2, 0.25) is 0 Å². The fourth-order valence-corrected chi connectivity index (χ4v) is 3.50. The third-order valence-electron chi connectivity index (χ3n) is 3.50. The predicted octanol–water partition coefficient (Wildman–Crippen LogP) is 3.28. The lowest BCUT2D eigenvalue weighted by Gasteiger charge is -2.32. The Labute approximate surface area is 91.0 Å². The van der Waals surface area contributed by atoms with Gasteiger partial charge < -0.3 is 0 Å². The molecule has 1 aliphatic heterocycles. The Morgan fingerprint density at radius 1 is 1.38 bits per heavy atom. The average Bonchev–Trinajstić information content (AvgIpc) is 2.50. The van der Waals surface area contributed by atoms with Crippen molar-refractivity contribution < 1.29 is 0 Å². The summed E-state index contributed by atoms with van der Waals surface area (Å²) in [7, 11) is 0. The van der Waals surface area contributed by atoms with Gasteiger partial charge in [0.15, 0.2) is 0 Å². The molecule has 1 rings (SSSR count). The number of hydrogen-bond acceptors (Lipinski definition) is 1. The van der Waals surface area contributed by atoms with Crippen LogP contribution in [0.1, 0.15) is 40.0 Å². The van der Waals surface area contributed by atoms with Crippen LogP contribution in [0.3, 0.4) is 0 Å². The highest BCUT2D eigenvalue weighted by Crippen LogP contribution is 2.29. The minimum Gasteiger partial charge on any atom is -0.296 e. The molecule has 0 bridgehead atoms. The van der Waals surface area contributed by atoms with Crippen molar-refractivity contribution in [2.24, 2.45) is 5.92 Å². The van der Waals surface area contributed by atoms with Gasteiger partial charge in [0.05, 0.1) is 0 Å². The molecule has 1 nitrogen and oxygen atoms in total. The minimum atomic E-state index is 0.782. The average molecular weight is 248 g/mol. The van der Waals surface area contributed by atoms with Gasteiger partial charge in [-0.05, 0) is 31.7 Å². The highest BCUT2D eigenvalue weighted by molar-refractivity contribution is 9.09. The van der Waals surface area contributed by atoms with E-state index in [0.29, 0.717) is 0 Å². The highest BCUT2D eigenvalue weighted by atomic mass is 79.9. The molecule has 0 N–H and O–H groups in total. The van der Waals surface area contributed by atoms with E-state index in [1.807, 2.05) is 0 Å². The van der Waals surface area contributed by atoms with E-state index in [9.17, 15) is 0 Å². The van der Waals surface area contributed by atoms with Crippen LogP contribution in [0.5, 0.6) is 0 Å². The molecule has 78 valence electrons. The van der Waals surface area contributed by atoms with Gasteiger partial charge >= 0.3 is 0 Å². The Bertz CT molecular complexity index is 145. The zero-order valence-corrected chi connectivity index (χ0v) is 10.7. The van der Waals surface area contributed by atoms with E-state index in [4.69, 9.17) is 0 Å². The largest absolute Gasteiger partial charge is 0.296 e. The van der Waals surface area contributed by atoms with Gasteiger partial charge in [-0.15, -0.1) is 0 Å². The number of nitrogens with zero attached hydrogens (tertiary/aromatic N) is 1. The zero-order chi connectivity index (χ0) is 9.84. The van der Waals surface area contributed by atoms with E-state index < -0.39 is 0 Å². The highest BCUT2D eigenvalue weighted by Gasteiger charge is 2.33. The molecule has 1 heterocycles. The van der Waals surface area contributed by atoms with Gasteiger partial charge in [0.25, 0.3) is 0 Å². The molecule has 1 aliphatic rings. The van der Waals surface area contributed by atoms with E-state index in [1.54, 1.807) is 0 Å². The second kappa shape index (κ2) is 5.35. The standard InChI is InChI=1S/C11H22BrN/c1-4-10(5-2)13-7-6-9(3)11(13)8-12/h9-11H,4-8H2,1-3H3. The van der Waals surface area contributed by atoms with Gasteiger partial charge in [0, 0.05) is 17.4 Å². The van der Waals surface area contributed by atoms with Crippen LogP contribution >= 0.6 is 15.9 Å². The molecule has 0 radical (unpaired) electrons. The van der Waals surface area contributed by atoms with Crippen LogP contribution < -0.4 is 0 Å². The molecule has 2 atom stereocenters. The number of alkyl halides is 1. The van der Waals surface area contributed by atoms with Gasteiger partial charge in [-0.3, -0.25) is 4.90 Å². The summed E-state index contributed by atoms with van der Waals surface area (Å²) in [6.45, 7) is 8.31. The Hall–Kier alpha value is 0.440. The molecule has 0 spiro atoms. The van der Waals surface area contributed by atoms with Crippen molar-refractivity contribution in [2.45, 2.75) is 52.1 Å². The first kappa shape index (κ1) is 11.5. The molecular formula is C11H22BrN. The molecule has 2 heteroatoms. The van der Waals surface area contributed by atoms with Crippen molar-refractivity contribution in [3.05, 3.63) is 0 Å². The van der Waals surface area contributed by atoms with Crippen LogP contribution in [-0.2, 0) is 0 Å². The molecule has 0 amide bonds. The number of likely N-dealkylation sites (tertiary alicyclic amines) is 1. The van der Waals surface area contributed by atoms with Crippen molar-refractivity contribution in [2.75, 3.05) is 11.9 Å². The summed E-state index contributed by atoms with van der Waals surface area (Å²) in [6.07, 6.45) is 3.98. The van der Waals surface area contributed by atoms with Gasteiger partial charge in [0.1, 0.15) is 0 Å². The second-order valence-electron chi connectivity index (χ2n) is 4.20. The van der Waals surface area contributed by atoms with Gasteiger partial charge in [-0.1, -0.05) is 36.7 Å². The van der Waals surface area contributed by atoms with E-state index in [1.165, 1.54) is 25.8 Å². The summed E-state index contributed by atoms with van der Waals surface area (Å²) >= 11 is 3.64. The normalized spacial score (nSPS) is 30.2. The Kier molecular flexibility index (Phi) is 4.74. The van der Waals surface area contributed by atoms with E-state index in [-0.39, 0.29) is 0 Å². The fourth-order valence-electron chi connectivity index (χ4n) is 2.49. The maximum absolute atomic E-state index is 3.64. The van der Waals surface area contributed by atoms with E-state index in [0.717, 1.165) is 23.3 Å². The topological polar surface area (TPSA) is 3.24 Å². The molecule has 1 fully saturated rings. The number of hydrogen-bond donors (Lipinski definition) is 0. The van der Waals surface area contributed by atoms with Crippen molar-refractivity contribution >= 4 is 15.9 Å². The Morgan fingerprint density at radius 2 is 2.00 bits per heavy atom. The first-order valence-electron chi connectivity index (χ1n) is 5.56. The van der Waals surface area contributed by atoms with Crippen LogP contribution in [0.4, 0.5) is 0 Å². The fraction of sp³-hybridized carbons (Fsp3) is 1.00. The van der Waals surface area contributed by atoms with E-state index >= 15 is 0 Å². The van der Waals surface area contributed by atoms with Crippen LogP contribution in [0.15, 0.2) is 0 Å². The third-order valence-corrected chi connectivity index (χ3v) is 4.16. The first-order valence-corrected chi connectivity index (χ1v) is 6.68. The summed E-state index contributed by atoms with van der Waals surface area (Å²) in [6, 6.07) is 1.59. The van der Waals surface area contributed by atoms with Gasteiger partial charge in [0.2, 0.25) is 0 Å². The summed E-state index contributed by atoms with van der Waals surface area (Å²) in [5.74, 6) is 0.875. The van der Waals surface area contributed by atoms with Crippen molar-refractivity contribution in [1.29, 1.82) is 0 Å². The molecule has 0 aromatic carbocycles. The molecule has 2 unspecified atom stereocenters. The second-order valence-corrected chi connectivity index (χ2v) is 4.84. The third kappa shape index (κ3) is 2.47. The monoisotopic (exact) mass is 247 g/mol.